The first-order valence-electron chi connectivity index (χ1n) is 11.1. The minimum absolute atomic E-state index is 0.0244. The topological polar surface area (TPSA) is 119 Å². The summed E-state index contributed by atoms with van der Waals surface area (Å²) < 4.78 is 37.9. The molecule has 1 N–H and O–H groups in total. The quantitative estimate of drug-likeness (QED) is 0.403. The maximum absolute atomic E-state index is 13.4. The average Bonchev–Trinajstić information content (AvgIpc) is 3.17. The molecule has 2 aromatic carbocycles. The van der Waals surface area contributed by atoms with Crippen molar-refractivity contribution >= 4 is 33.6 Å². The van der Waals surface area contributed by atoms with Crippen molar-refractivity contribution in [2.75, 3.05) is 24.1 Å². The highest BCUT2D eigenvalue weighted by Gasteiger charge is 2.36. The molecular weight excluding hydrogens is 460 g/mol. The van der Waals surface area contributed by atoms with Gasteiger partial charge in [0.1, 0.15) is 0 Å². The average molecular weight is 489 g/mol. The molecule has 0 bridgehead atoms. The Bertz CT molecular complexity index is 1160. The molecule has 1 aliphatic heterocycles. The number of sulfonamides is 1. The van der Waals surface area contributed by atoms with E-state index < -0.39 is 28.5 Å². The van der Waals surface area contributed by atoms with Crippen LogP contribution in [0.5, 0.6) is 0 Å². The Morgan fingerprint density at radius 3 is 2.62 bits per heavy atom. The minimum atomic E-state index is -3.91. The van der Waals surface area contributed by atoms with Gasteiger partial charge in [-0.2, -0.15) is 0 Å². The number of para-hydroxylation sites is 1. The van der Waals surface area contributed by atoms with Crippen molar-refractivity contribution in [2.45, 2.75) is 44.0 Å². The lowest BCUT2D eigenvalue weighted by atomic mass is 10.1. The normalized spacial score (nSPS) is 14.9. The zero-order chi connectivity index (χ0) is 24.7. The van der Waals surface area contributed by atoms with Crippen LogP contribution in [-0.2, 0) is 35.5 Å². The van der Waals surface area contributed by atoms with Crippen molar-refractivity contribution in [3.05, 3.63) is 59.7 Å². The molecule has 1 aliphatic rings. The molecule has 0 unspecified atom stereocenters. The molecule has 0 fully saturated rings. The number of benzene rings is 2. The smallest absolute Gasteiger partial charge is 0.338 e. The van der Waals surface area contributed by atoms with Crippen molar-refractivity contribution in [1.82, 2.24) is 5.32 Å². The Labute approximate surface area is 199 Å². The Kier molecular flexibility index (Phi) is 8.27. The number of carbonyl (C=O) groups is 3. The van der Waals surface area contributed by atoms with Gasteiger partial charge in [0, 0.05) is 19.0 Å². The van der Waals surface area contributed by atoms with Crippen LogP contribution in [0.2, 0.25) is 0 Å². The highest BCUT2D eigenvalue weighted by molar-refractivity contribution is 7.92. The third-order valence-electron chi connectivity index (χ3n) is 5.29. The van der Waals surface area contributed by atoms with Gasteiger partial charge in [0.2, 0.25) is 0 Å². The molecular formula is C24H28N2O7S. The van der Waals surface area contributed by atoms with Crippen LogP contribution in [0.3, 0.4) is 0 Å². The summed E-state index contributed by atoms with van der Waals surface area (Å²) in [6.45, 7) is 3.56. The molecule has 0 saturated heterocycles. The van der Waals surface area contributed by atoms with E-state index in [-0.39, 0.29) is 35.4 Å². The lowest BCUT2D eigenvalue weighted by molar-refractivity contribution is -0.143. The molecule has 0 aliphatic carbocycles. The van der Waals surface area contributed by atoms with E-state index in [1.807, 2.05) is 19.1 Å². The monoisotopic (exact) mass is 488 g/mol. The highest BCUT2D eigenvalue weighted by Crippen LogP contribution is 2.36. The van der Waals surface area contributed by atoms with Gasteiger partial charge in [-0.15, -0.1) is 0 Å². The number of carbonyl (C=O) groups excluding carboxylic acids is 3. The number of amides is 1. The van der Waals surface area contributed by atoms with E-state index in [9.17, 15) is 22.8 Å². The number of nitrogens with zero attached hydrogens (tertiary/aromatic N) is 1. The van der Waals surface area contributed by atoms with Crippen LogP contribution >= 0.6 is 0 Å². The number of hydrogen-bond donors (Lipinski definition) is 1. The fraction of sp³-hybridized carbons (Fsp3) is 0.375. The summed E-state index contributed by atoms with van der Waals surface area (Å²) in [6, 6.07) is 12.6. The van der Waals surface area contributed by atoms with Gasteiger partial charge in [-0.1, -0.05) is 24.3 Å². The second-order valence-corrected chi connectivity index (χ2v) is 9.66. The molecule has 3 rings (SSSR count). The summed E-state index contributed by atoms with van der Waals surface area (Å²) in [5, 5.41) is 2.55. The van der Waals surface area contributed by atoms with Crippen LogP contribution in [0.15, 0.2) is 53.4 Å². The summed E-state index contributed by atoms with van der Waals surface area (Å²) in [4.78, 5) is 35.6. The molecule has 34 heavy (non-hydrogen) atoms. The largest absolute Gasteiger partial charge is 0.466 e. The number of fused-ring (bicyclic) bond motifs is 1. The van der Waals surface area contributed by atoms with Crippen LogP contribution in [0.25, 0.3) is 0 Å². The Balaban J connectivity index is 1.59. The summed E-state index contributed by atoms with van der Waals surface area (Å²) in [5.74, 6) is -1.68. The van der Waals surface area contributed by atoms with E-state index in [1.165, 1.54) is 28.6 Å². The van der Waals surface area contributed by atoms with Gasteiger partial charge < -0.3 is 14.8 Å². The lowest BCUT2D eigenvalue weighted by Gasteiger charge is -2.24. The van der Waals surface area contributed by atoms with E-state index in [0.29, 0.717) is 25.1 Å². The van der Waals surface area contributed by atoms with Crippen LogP contribution in [0.1, 0.15) is 42.6 Å². The van der Waals surface area contributed by atoms with Crippen molar-refractivity contribution in [1.29, 1.82) is 0 Å². The van der Waals surface area contributed by atoms with E-state index in [4.69, 9.17) is 9.47 Å². The third kappa shape index (κ3) is 5.93. The predicted octanol–water partition coefficient (Wildman–Crippen LogP) is 2.44. The lowest BCUT2D eigenvalue weighted by Crippen LogP contribution is -2.35. The number of nitrogens with one attached hydrogen (secondary N) is 1. The number of esters is 2. The molecule has 10 heteroatoms. The standard InChI is InChI=1S/C24H28N2O7S/c1-3-32-23(28)12-7-13-25-22(27)16-33-24(29)19-9-6-10-20(15-19)34(30,31)26-17(2)14-18-8-4-5-11-21(18)26/h4-6,8-11,15,17H,3,7,12-14,16H2,1-2H3,(H,25,27)/t17-/m0/s1. The highest BCUT2D eigenvalue weighted by atomic mass is 32.2. The molecule has 1 atom stereocenters. The van der Waals surface area contributed by atoms with Crippen LogP contribution in [-0.4, -0.2) is 52.1 Å². The van der Waals surface area contributed by atoms with Crippen molar-refractivity contribution in [3.63, 3.8) is 0 Å². The number of ether oxygens (including phenoxy) is 2. The predicted molar refractivity (Wildman–Crippen MR) is 125 cm³/mol. The van der Waals surface area contributed by atoms with Crippen LogP contribution in [0.4, 0.5) is 5.69 Å². The summed E-state index contributed by atoms with van der Waals surface area (Å²) in [5.41, 5.74) is 1.60. The van der Waals surface area contributed by atoms with Crippen molar-refractivity contribution in [3.8, 4) is 0 Å². The second kappa shape index (κ2) is 11.1. The van der Waals surface area contributed by atoms with Gasteiger partial charge in [0.25, 0.3) is 15.9 Å². The van der Waals surface area contributed by atoms with E-state index in [1.54, 1.807) is 19.1 Å². The molecule has 182 valence electrons. The zero-order valence-electron chi connectivity index (χ0n) is 19.2. The van der Waals surface area contributed by atoms with Gasteiger partial charge in [-0.25, -0.2) is 13.2 Å². The maximum atomic E-state index is 13.4. The second-order valence-electron chi connectivity index (χ2n) is 7.85. The first-order chi connectivity index (χ1) is 16.2. The van der Waals surface area contributed by atoms with Crippen molar-refractivity contribution < 1.29 is 32.3 Å². The summed E-state index contributed by atoms with van der Waals surface area (Å²) >= 11 is 0. The van der Waals surface area contributed by atoms with E-state index in [0.717, 1.165) is 5.56 Å². The van der Waals surface area contributed by atoms with Gasteiger partial charge in [-0.05, 0) is 56.5 Å². The number of hydrogen-bond acceptors (Lipinski definition) is 7. The van der Waals surface area contributed by atoms with Gasteiger partial charge in [0.05, 0.1) is 22.8 Å². The molecule has 9 nitrogen and oxygen atoms in total. The SMILES string of the molecule is CCOC(=O)CCCNC(=O)COC(=O)c1cccc(S(=O)(=O)N2c3ccccc3C[C@@H]2C)c1. The molecule has 1 heterocycles. The molecule has 0 radical (unpaired) electrons. The van der Waals surface area contributed by atoms with E-state index in [2.05, 4.69) is 5.32 Å². The van der Waals surface area contributed by atoms with E-state index >= 15 is 0 Å². The summed E-state index contributed by atoms with van der Waals surface area (Å²) in [6.07, 6.45) is 1.18. The van der Waals surface area contributed by atoms with Gasteiger partial charge >= 0.3 is 11.9 Å². The van der Waals surface area contributed by atoms with Crippen LogP contribution < -0.4 is 9.62 Å². The Hall–Kier alpha value is -3.40. The summed E-state index contributed by atoms with van der Waals surface area (Å²) in [7, 11) is -3.91. The zero-order valence-corrected chi connectivity index (χ0v) is 20.0. The fourth-order valence-electron chi connectivity index (χ4n) is 3.76. The number of anilines is 1. The molecule has 1 amide bonds. The molecule has 0 saturated carbocycles. The Morgan fingerprint density at radius 1 is 1.09 bits per heavy atom. The first kappa shape index (κ1) is 25.2. The third-order valence-corrected chi connectivity index (χ3v) is 7.21. The molecule has 0 spiro atoms. The molecule has 2 aromatic rings. The van der Waals surface area contributed by atoms with Gasteiger partial charge in [0.15, 0.2) is 6.61 Å². The van der Waals surface area contributed by atoms with Crippen LogP contribution in [0, 0.1) is 0 Å². The minimum Gasteiger partial charge on any atom is -0.466 e. The van der Waals surface area contributed by atoms with Crippen molar-refractivity contribution in [2.24, 2.45) is 0 Å². The van der Waals surface area contributed by atoms with Gasteiger partial charge in [-0.3, -0.25) is 13.9 Å². The molecule has 0 aromatic heterocycles. The first-order valence-corrected chi connectivity index (χ1v) is 12.5. The maximum Gasteiger partial charge on any atom is 0.338 e. The number of rotatable bonds is 10. The Morgan fingerprint density at radius 2 is 1.85 bits per heavy atom. The fourth-order valence-corrected chi connectivity index (χ4v) is 5.50.